The quantitative estimate of drug-likeness (QED) is 0.509. The van der Waals surface area contributed by atoms with E-state index < -0.39 is 6.10 Å². The number of ether oxygens (including phenoxy) is 2. The molecule has 3 aromatic rings. The standard InChI is InChI=1S/C25H25N3O5S/c1-31-19-4-3-5-20(32-2)22(19)34-27-23-16-13-25(9-10-25)17-7-6-14(12-15(17)21(16)33-26-23)28-11-8-18(29)24(28)30/h3-7,12,18,29H,8-11,13H2,1-2H3,(H,26,27). The molecule has 1 saturated heterocycles. The molecule has 1 aromatic heterocycles. The molecular weight excluding hydrogens is 454 g/mol. The lowest BCUT2D eigenvalue weighted by Crippen LogP contribution is -2.29. The molecule has 34 heavy (non-hydrogen) atoms. The molecular formula is C25H25N3O5S. The highest BCUT2D eigenvalue weighted by molar-refractivity contribution is 8.00. The second-order valence-electron chi connectivity index (χ2n) is 9.02. The normalized spacial score (nSPS) is 19.7. The van der Waals surface area contributed by atoms with Crippen LogP contribution in [0, 0.1) is 0 Å². The van der Waals surface area contributed by atoms with Crippen LogP contribution in [-0.2, 0) is 16.6 Å². The molecule has 0 bridgehead atoms. The summed E-state index contributed by atoms with van der Waals surface area (Å²) in [7, 11) is 3.26. The monoisotopic (exact) mass is 479 g/mol. The Morgan fingerprint density at radius 2 is 1.97 bits per heavy atom. The van der Waals surface area contributed by atoms with Crippen molar-refractivity contribution in [1.82, 2.24) is 5.16 Å². The lowest BCUT2D eigenvalue weighted by Gasteiger charge is -2.26. The van der Waals surface area contributed by atoms with E-state index in [9.17, 15) is 9.90 Å². The summed E-state index contributed by atoms with van der Waals surface area (Å²) in [6.45, 7) is 0.511. The van der Waals surface area contributed by atoms with E-state index in [1.165, 1.54) is 17.5 Å². The molecule has 6 rings (SSSR count). The minimum absolute atomic E-state index is 0.0875. The fourth-order valence-electron chi connectivity index (χ4n) is 5.08. The number of fused-ring (bicyclic) bond motifs is 4. The van der Waals surface area contributed by atoms with Gasteiger partial charge in [-0.2, -0.15) is 0 Å². The molecule has 1 amide bonds. The highest BCUT2D eigenvalue weighted by Gasteiger charge is 2.50. The fraction of sp³-hybridized carbons (Fsp3) is 0.360. The SMILES string of the molecule is COc1cccc(OC)c1SNc1noc2c1CC1(CC1)c1ccc(N3CCC(O)C3=O)cc1-2. The van der Waals surface area contributed by atoms with Gasteiger partial charge in [0, 0.05) is 35.2 Å². The van der Waals surface area contributed by atoms with Crippen molar-refractivity contribution in [2.75, 3.05) is 30.4 Å². The Labute approximate surface area is 201 Å². The largest absolute Gasteiger partial charge is 0.495 e. The van der Waals surface area contributed by atoms with E-state index in [0.717, 1.165) is 46.7 Å². The number of benzene rings is 2. The summed E-state index contributed by atoms with van der Waals surface area (Å²) in [5.41, 5.74) is 4.13. The number of amides is 1. The molecule has 1 aliphatic heterocycles. The van der Waals surface area contributed by atoms with Gasteiger partial charge in [-0.1, -0.05) is 17.3 Å². The number of anilines is 2. The lowest BCUT2D eigenvalue weighted by atomic mass is 9.79. The molecule has 2 heterocycles. The number of carbonyl (C=O) groups excluding carboxylic acids is 1. The summed E-state index contributed by atoms with van der Waals surface area (Å²) >= 11 is 1.38. The second kappa shape index (κ2) is 7.95. The Morgan fingerprint density at radius 1 is 1.21 bits per heavy atom. The van der Waals surface area contributed by atoms with E-state index in [1.54, 1.807) is 19.1 Å². The molecule has 1 saturated carbocycles. The summed E-state index contributed by atoms with van der Waals surface area (Å²) in [5, 5.41) is 14.3. The average Bonchev–Trinajstić information content (AvgIpc) is 3.39. The lowest BCUT2D eigenvalue weighted by molar-refractivity contribution is -0.123. The fourth-order valence-corrected chi connectivity index (χ4v) is 5.95. The molecule has 2 aliphatic carbocycles. The van der Waals surface area contributed by atoms with Crippen molar-refractivity contribution < 1.29 is 23.9 Å². The zero-order chi connectivity index (χ0) is 23.4. The van der Waals surface area contributed by atoms with Crippen LogP contribution in [-0.4, -0.2) is 43.0 Å². The third-order valence-corrected chi connectivity index (χ3v) is 8.00. The third-order valence-electron chi connectivity index (χ3n) is 7.10. The van der Waals surface area contributed by atoms with E-state index in [0.29, 0.717) is 30.3 Å². The molecule has 1 spiro atoms. The van der Waals surface area contributed by atoms with Crippen LogP contribution in [0.2, 0.25) is 0 Å². The van der Waals surface area contributed by atoms with E-state index in [2.05, 4.69) is 15.9 Å². The number of hydrogen-bond acceptors (Lipinski definition) is 8. The van der Waals surface area contributed by atoms with Crippen molar-refractivity contribution in [3.05, 3.63) is 47.5 Å². The van der Waals surface area contributed by atoms with Gasteiger partial charge in [-0.15, -0.1) is 0 Å². The van der Waals surface area contributed by atoms with Crippen LogP contribution in [0.5, 0.6) is 11.5 Å². The molecule has 1 atom stereocenters. The van der Waals surface area contributed by atoms with Crippen molar-refractivity contribution in [3.8, 4) is 22.8 Å². The van der Waals surface area contributed by atoms with Crippen LogP contribution in [0.4, 0.5) is 11.5 Å². The Kier molecular flexibility index (Phi) is 5.00. The Hall–Kier alpha value is -3.17. The number of aromatic nitrogens is 1. The predicted molar refractivity (Wildman–Crippen MR) is 129 cm³/mol. The van der Waals surface area contributed by atoms with Gasteiger partial charge in [0.1, 0.15) is 22.5 Å². The number of nitrogens with zero attached hydrogens (tertiary/aromatic N) is 2. The Balaban J connectivity index is 1.35. The maximum absolute atomic E-state index is 12.4. The first kappa shape index (κ1) is 21.4. The Bertz CT molecular complexity index is 1260. The third kappa shape index (κ3) is 3.25. The van der Waals surface area contributed by atoms with Crippen LogP contribution >= 0.6 is 11.9 Å². The van der Waals surface area contributed by atoms with Gasteiger partial charge in [-0.3, -0.25) is 4.79 Å². The van der Waals surface area contributed by atoms with Crippen molar-refractivity contribution in [2.24, 2.45) is 0 Å². The molecule has 3 aliphatic rings. The molecule has 2 aromatic carbocycles. The average molecular weight is 480 g/mol. The van der Waals surface area contributed by atoms with Crippen molar-refractivity contribution in [1.29, 1.82) is 0 Å². The highest BCUT2D eigenvalue weighted by atomic mass is 32.2. The maximum Gasteiger partial charge on any atom is 0.255 e. The minimum atomic E-state index is -0.925. The van der Waals surface area contributed by atoms with Crippen molar-refractivity contribution >= 4 is 29.4 Å². The zero-order valence-electron chi connectivity index (χ0n) is 19.0. The van der Waals surface area contributed by atoms with Crippen LogP contribution < -0.4 is 19.1 Å². The first-order valence-electron chi connectivity index (χ1n) is 11.3. The van der Waals surface area contributed by atoms with E-state index in [-0.39, 0.29) is 11.3 Å². The topological polar surface area (TPSA) is 97.1 Å². The van der Waals surface area contributed by atoms with Crippen LogP contribution in [0.3, 0.4) is 0 Å². The molecule has 9 heteroatoms. The summed E-state index contributed by atoms with van der Waals surface area (Å²) in [5.74, 6) is 2.58. The number of aliphatic hydroxyl groups is 1. The minimum Gasteiger partial charge on any atom is -0.495 e. The number of rotatable bonds is 6. The number of methoxy groups -OCH3 is 2. The van der Waals surface area contributed by atoms with Gasteiger partial charge < -0.3 is 28.7 Å². The van der Waals surface area contributed by atoms with E-state index in [4.69, 9.17) is 14.0 Å². The molecule has 1 unspecified atom stereocenters. The highest BCUT2D eigenvalue weighted by Crippen LogP contribution is 2.59. The van der Waals surface area contributed by atoms with Crippen LogP contribution in [0.25, 0.3) is 11.3 Å². The van der Waals surface area contributed by atoms with Gasteiger partial charge in [-0.25, -0.2) is 0 Å². The summed E-state index contributed by atoms with van der Waals surface area (Å²) in [4.78, 5) is 14.9. The summed E-state index contributed by atoms with van der Waals surface area (Å²) in [6.07, 6.45) is 2.60. The van der Waals surface area contributed by atoms with Gasteiger partial charge in [0.2, 0.25) is 0 Å². The van der Waals surface area contributed by atoms with Crippen molar-refractivity contribution in [2.45, 2.75) is 42.1 Å². The van der Waals surface area contributed by atoms with Gasteiger partial charge in [-0.05, 0) is 61.0 Å². The van der Waals surface area contributed by atoms with Gasteiger partial charge in [0.15, 0.2) is 11.6 Å². The van der Waals surface area contributed by atoms with Crippen molar-refractivity contribution in [3.63, 3.8) is 0 Å². The summed E-state index contributed by atoms with van der Waals surface area (Å²) in [6, 6.07) is 11.8. The van der Waals surface area contributed by atoms with E-state index in [1.807, 2.05) is 30.3 Å². The molecule has 2 fully saturated rings. The second-order valence-corrected chi connectivity index (χ2v) is 9.83. The van der Waals surface area contributed by atoms with Gasteiger partial charge in [0.25, 0.3) is 5.91 Å². The molecule has 8 nitrogen and oxygen atoms in total. The maximum atomic E-state index is 12.4. The number of carbonyl (C=O) groups is 1. The molecule has 176 valence electrons. The predicted octanol–water partition coefficient (Wildman–Crippen LogP) is 4.16. The first-order chi connectivity index (χ1) is 16.5. The smallest absolute Gasteiger partial charge is 0.255 e. The zero-order valence-corrected chi connectivity index (χ0v) is 19.8. The van der Waals surface area contributed by atoms with E-state index >= 15 is 0 Å². The van der Waals surface area contributed by atoms with Gasteiger partial charge >= 0.3 is 0 Å². The Morgan fingerprint density at radius 3 is 2.62 bits per heavy atom. The number of nitrogens with one attached hydrogen (secondary N) is 1. The molecule has 0 radical (unpaired) electrons. The number of hydrogen-bond donors (Lipinski definition) is 2. The first-order valence-corrected chi connectivity index (χ1v) is 12.1. The summed E-state index contributed by atoms with van der Waals surface area (Å²) < 4.78 is 20.2. The van der Waals surface area contributed by atoms with Crippen LogP contribution in [0.15, 0.2) is 45.8 Å². The number of aliphatic hydroxyl groups excluding tert-OH is 1. The van der Waals surface area contributed by atoms with Crippen LogP contribution in [0.1, 0.15) is 30.4 Å². The van der Waals surface area contributed by atoms with Gasteiger partial charge in [0.05, 0.1) is 14.2 Å². The molecule has 2 N–H and O–H groups in total.